The number of nitrogens with zero attached hydrogens (tertiary/aromatic N) is 4. The van der Waals surface area contributed by atoms with Crippen LogP contribution in [0.4, 0.5) is 10.3 Å². The first-order chi connectivity index (χ1) is 14.4. The molecule has 0 amide bonds. The Hall–Kier alpha value is -3.39. The van der Waals surface area contributed by atoms with E-state index in [4.69, 9.17) is 11.6 Å². The van der Waals surface area contributed by atoms with Gasteiger partial charge in [-0.25, -0.2) is 9.18 Å². The molecule has 0 atom stereocenters. The van der Waals surface area contributed by atoms with Gasteiger partial charge < -0.3 is 5.32 Å². The summed E-state index contributed by atoms with van der Waals surface area (Å²) in [6.45, 7) is 0.413. The molecule has 0 unspecified atom stereocenters. The van der Waals surface area contributed by atoms with Crippen LogP contribution in [-0.4, -0.2) is 18.7 Å². The summed E-state index contributed by atoms with van der Waals surface area (Å²) in [7, 11) is 2.94. The molecule has 0 aliphatic heterocycles. The van der Waals surface area contributed by atoms with Crippen molar-refractivity contribution in [2.75, 3.05) is 5.32 Å². The fraction of sp³-hybridized carbons (Fsp3) is 0.190. The molecule has 0 aliphatic rings. The summed E-state index contributed by atoms with van der Waals surface area (Å²) in [5.74, 6) is -0.147. The highest BCUT2D eigenvalue weighted by molar-refractivity contribution is 6.31. The van der Waals surface area contributed by atoms with Gasteiger partial charge in [0.05, 0.1) is 6.54 Å². The second kappa shape index (κ2) is 7.79. The molecule has 4 aromatic rings. The van der Waals surface area contributed by atoms with E-state index in [0.717, 1.165) is 10.1 Å². The Morgan fingerprint density at radius 3 is 2.47 bits per heavy atom. The first-order valence-electron chi connectivity index (χ1n) is 9.25. The lowest BCUT2D eigenvalue weighted by Gasteiger charge is -2.13. The van der Waals surface area contributed by atoms with Crippen LogP contribution in [0.15, 0.2) is 58.1 Å². The van der Waals surface area contributed by atoms with Gasteiger partial charge in [-0.1, -0.05) is 48.0 Å². The van der Waals surface area contributed by atoms with E-state index < -0.39 is 17.1 Å². The highest BCUT2D eigenvalue weighted by atomic mass is 35.5. The molecule has 0 saturated heterocycles. The van der Waals surface area contributed by atoms with Crippen LogP contribution in [0.2, 0.25) is 5.02 Å². The minimum absolute atomic E-state index is 0.0213. The number of benzene rings is 2. The maximum absolute atomic E-state index is 14.5. The lowest BCUT2D eigenvalue weighted by atomic mass is 10.2. The number of nitrogens with one attached hydrogen (secondary N) is 1. The van der Waals surface area contributed by atoms with Crippen LogP contribution < -0.4 is 16.6 Å². The molecule has 0 aliphatic carbocycles. The van der Waals surface area contributed by atoms with Gasteiger partial charge in [-0.15, -0.1) is 0 Å². The van der Waals surface area contributed by atoms with E-state index in [1.165, 1.54) is 23.7 Å². The van der Waals surface area contributed by atoms with Gasteiger partial charge in [-0.05, 0) is 17.7 Å². The molecule has 154 valence electrons. The number of fused-ring (bicyclic) bond motifs is 1. The van der Waals surface area contributed by atoms with Crippen molar-refractivity contribution in [3.05, 3.63) is 91.3 Å². The smallest absolute Gasteiger partial charge is 0.332 e. The molecular formula is C21H19ClFN5O2. The Labute approximate surface area is 176 Å². The van der Waals surface area contributed by atoms with Crippen molar-refractivity contribution in [2.24, 2.45) is 14.1 Å². The first-order valence-corrected chi connectivity index (χ1v) is 9.63. The largest absolute Gasteiger partial charge is 0.351 e. The molecule has 4 rings (SSSR count). The zero-order valence-corrected chi connectivity index (χ0v) is 17.2. The zero-order valence-electron chi connectivity index (χ0n) is 16.4. The summed E-state index contributed by atoms with van der Waals surface area (Å²) >= 11 is 6.22. The van der Waals surface area contributed by atoms with Crippen LogP contribution in [-0.2, 0) is 27.2 Å². The van der Waals surface area contributed by atoms with Crippen LogP contribution >= 0.6 is 11.6 Å². The van der Waals surface area contributed by atoms with Gasteiger partial charge in [-0.2, -0.15) is 4.98 Å². The lowest BCUT2D eigenvalue weighted by molar-refractivity contribution is 0.601. The third-order valence-corrected chi connectivity index (χ3v) is 5.37. The molecule has 0 radical (unpaired) electrons. The van der Waals surface area contributed by atoms with E-state index in [9.17, 15) is 14.0 Å². The SMILES string of the molecule is Cn1c(=O)c2c(nc(NCc3ccccc3)n2Cc2c(F)cccc2Cl)n(C)c1=O. The number of hydrogen-bond donors (Lipinski definition) is 1. The van der Waals surface area contributed by atoms with Crippen LogP contribution in [0.25, 0.3) is 11.2 Å². The topological polar surface area (TPSA) is 73.8 Å². The van der Waals surface area contributed by atoms with E-state index >= 15 is 0 Å². The number of aryl methyl sites for hydroxylation is 1. The molecule has 2 aromatic heterocycles. The van der Waals surface area contributed by atoms with Gasteiger partial charge in [-0.3, -0.25) is 18.5 Å². The predicted octanol–water partition coefficient (Wildman–Crippen LogP) is 2.89. The van der Waals surface area contributed by atoms with Gasteiger partial charge in [0.2, 0.25) is 5.95 Å². The fourth-order valence-corrected chi connectivity index (χ4v) is 3.58. The molecular weight excluding hydrogens is 409 g/mol. The summed E-state index contributed by atoms with van der Waals surface area (Å²) in [6.07, 6.45) is 0. The van der Waals surface area contributed by atoms with Crippen LogP contribution in [0, 0.1) is 5.82 Å². The Bertz CT molecular complexity index is 1340. The average molecular weight is 428 g/mol. The van der Waals surface area contributed by atoms with Gasteiger partial charge >= 0.3 is 5.69 Å². The minimum Gasteiger partial charge on any atom is -0.351 e. The molecule has 0 spiro atoms. The van der Waals surface area contributed by atoms with Crippen molar-refractivity contribution in [3.8, 4) is 0 Å². The van der Waals surface area contributed by atoms with Gasteiger partial charge in [0.25, 0.3) is 5.56 Å². The zero-order chi connectivity index (χ0) is 21.4. The lowest BCUT2D eigenvalue weighted by Crippen LogP contribution is -2.37. The van der Waals surface area contributed by atoms with Crippen molar-refractivity contribution in [2.45, 2.75) is 13.1 Å². The number of imidazole rings is 1. The standard InChI is InChI=1S/C21H19ClFN5O2/c1-26-18-17(19(29)27(2)21(26)30)28(12-14-15(22)9-6-10-16(14)23)20(25-18)24-11-13-7-4-3-5-8-13/h3-10H,11-12H2,1-2H3,(H,24,25). The molecule has 30 heavy (non-hydrogen) atoms. The van der Waals surface area contributed by atoms with Crippen molar-refractivity contribution in [3.63, 3.8) is 0 Å². The van der Waals surface area contributed by atoms with Crippen molar-refractivity contribution < 1.29 is 4.39 Å². The van der Waals surface area contributed by atoms with E-state index in [2.05, 4.69) is 10.3 Å². The summed E-state index contributed by atoms with van der Waals surface area (Å²) < 4.78 is 18.3. The third kappa shape index (κ3) is 3.39. The Morgan fingerprint density at radius 1 is 1.03 bits per heavy atom. The number of aromatic nitrogens is 4. The summed E-state index contributed by atoms with van der Waals surface area (Å²) in [4.78, 5) is 29.7. The van der Waals surface area contributed by atoms with Crippen molar-refractivity contribution in [1.82, 2.24) is 18.7 Å². The van der Waals surface area contributed by atoms with Gasteiger partial charge in [0, 0.05) is 31.2 Å². The van der Waals surface area contributed by atoms with Crippen molar-refractivity contribution >= 4 is 28.7 Å². The molecule has 7 nitrogen and oxygen atoms in total. The summed E-state index contributed by atoms with van der Waals surface area (Å²) in [6, 6.07) is 14.1. The highest BCUT2D eigenvalue weighted by Gasteiger charge is 2.21. The quantitative estimate of drug-likeness (QED) is 0.531. The van der Waals surface area contributed by atoms with E-state index in [0.29, 0.717) is 12.5 Å². The fourth-order valence-electron chi connectivity index (χ4n) is 3.35. The third-order valence-electron chi connectivity index (χ3n) is 5.02. The van der Waals surface area contributed by atoms with Gasteiger partial charge in [0.15, 0.2) is 11.2 Å². The number of hydrogen-bond acceptors (Lipinski definition) is 4. The van der Waals surface area contributed by atoms with Crippen molar-refractivity contribution in [1.29, 1.82) is 0 Å². The molecule has 2 aromatic carbocycles. The van der Waals surface area contributed by atoms with E-state index in [1.54, 1.807) is 17.7 Å². The van der Waals surface area contributed by atoms with E-state index in [1.807, 2.05) is 30.3 Å². The molecule has 9 heteroatoms. The monoisotopic (exact) mass is 427 g/mol. The van der Waals surface area contributed by atoms with Crippen LogP contribution in [0.3, 0.4) is 0 Å². The number of anilines is 1. The van der Waals surface area contributed by atoms with Gasteiger partial charge in [0.1, 0.15) is 5.82 Å². The Balaban J connectivity index is 1.90. The maximum Gasteiger partial charge on any atom is 0.332 e. The minimum atomic E-state index is -0.513. The summed E-state index contributed by atoms with van der Waals surface area (Å²) in [5, 5.41) is 3.44. The molecule has 1 N–H and O–H groups in total. The van der Waals surface area contributed by atoms with Crippen LogP contribution in [0.1, 0.15) is 11.1 Å². The number of halogens is 2. The Morgan fingerprint density at radius 2 is 1.77 bits per heavy atom. The first kappa shape index (κ1) is 19.9. The molecule has 0 bridgehead atoms. The molecule has 2 heterocycles. The van der Waals surface area contributed by atoms with Crippen LogP contribution in [0.5, 0.6) is 0 Å². The molecule has 0 saturated carbocycles. The molecule has 0 fully saturated rings. The number of rotatable bonds is 5. The second-order valence-corrected chi connectivity index (χ2v) is 7.35. The highest BCUT2D eigenvalue weighted by Crippen LogP contribution is 2.24. The maximum atomic E-state index is 14.5. The summed E-state index contributed by atoms with van der Waals surface area (Å²) in [5.41, 5.74) is 0.635. The average Bonchev–Trinajstić information content (AvgIpc) is 3.11. The second-order valence-electron chi connectivity index (χ2n) is 6.94. The Kier molecular flexibility index (Phi) is 5.17. The predicted molar refractivity (Wildman–Crippen MR) is 114 cm³/mol. The van der Waals surface area contributed by atoms with E-state index in [-0.39, 0.29) is 28.3 Å². The normalized spacial score (nSPS) is 11.2.